The molecule has 0 atom stereocenters. The molecule has 31 heavy (non-hydrogen) atoms. The van der Waals surface area contributed by atoms with Crippen molar-refractivity contribution in [3.05, 3.63) is 71.4 Å². The Balaban J connectivity index is 1.31. The van der Waals surface area contributed by atoms with Gasteiger partial charge in [0, 0.05) is 25.2 Å². The van der Waals surface area contributed by atoms with Crippen molar-refractivity contribution in [1.82, 2.24) is 19.9 Å². The molecule has 9 heteroatoms. The van der Waals surface area contributed by atoms with E-state index in [-0.39, 0.29) is 5.82 Å². The third-order valence-electron chi connectivity index (χ3n) is 5.30. The molecule has 0 spiro atoms. The molecule has 2 heterocycles. The van der Waals surface area contributed by atoms with Crippen LogP contribution in [0.3, 0.4) is 0 Å². The fraction of sp³-hybridized carbons (Fsp3) is 0.364. The number of alkyl halides is 3. The second kappa shape index (κ2) is 9.15. The lowest BCUT2D eigenvalue weighted by atomic mass is 10.1. The van der Waals surface area contributed by atoms with Gasteiger partial charge in [-0.15, -0.1) is 0 Å². The molecule has 0 aliphatic carbocycles. The van der Waals surface area contributed by atoms with Crippen molar-refractivity contribution in [3.63, 3.8) is 0 Å². The number of hydrogen-bond donors (Lipinski definition) is 0. The van der Waals surface area contributed by atoms with E-state index in [9.17, 15) is 17.6 Å². The molecule has 1 aliphatic rings. The predicted octanol–water partition coefficient (Wildman–Crippen LogP) is 4.60. The van der Waals surface area contributed by atoms with Gasteiger partial charge in [-0.3, -0.25) is 9.80 Å². The zero-order chi connectivity index (χ0) is 21.8. The lowest BCUT2D eigenvalue weighted by Crippen LogP contribution is -2.30. The van der Waals surface area contributed by atoms with Gasteiger partial charge in [-0.1, -0.05) is 17.3 Å². The maximum Gasteiger partial charge on any atom is 0.416 e. The molecule has 2 aromatic carbocycles. The summed E-state index contributed by atoms with van der Waals surface area (Å²) in [6, 6.07) is 11.3. The Hall–Kier alpha value is -2.78. The Bertz CT molecular complexity index is 986. The summed E-state index contributed by atoms with van der Waals surface area (Å²) < 4.78 is 56.6. The molecule has 0 bridgehead atoms. The predicted molar refractivity (Wildman–Crippen MR) is 106 cm³/mol. The van der Waals surface area contributed by atoms with Crippen molar-refractivity contribution in [1.29, 1.82) is 0 Å². The van der Waals surface area contributed by atoms with Gasteiger partial charge in [0.15, 0.2) is 0 Å². The van der Waals surface area contributed by atoms with E-state index in [0.717, 1.165) is 50.3 Å². The van der Waals surface area contributed by atoms with Crippen LogP contribution in [0, 0.1) is 5.82 Å². The van der Waals surface area contributed by atoms with Crippen molar-refractivity contribution >= 4 is 0 Å². The van der Waals surface area contributed by atoms with Crippen molar-refractivity contribution in [2.45, 2.75) is 25.7 Å². The van der Waals surface area contributed by atoms with Crippen LogP contribution in [-0.4, -0.2) is 46.1 Å². The first kappa shape index (κ1) is 21.5. The minimum Gasteiger partial charge on any atom is -0.338 e. The minimum absolute atomic E-state index is 0.321. The molecular formula is C22H22F4N4O. The first-order valence-corrected chi connectivity index (χ1v) is 10.1. The molecule has 1 fully saturated rings. The quantitative estimate of drug-likeness (QED) is 0.549. The van der Waals surface area contributed by atoms with Gasteiger partial charge in [0.2, 0.25) is 11.7 Å². The molecule has 4 rings (SSSR count). The first-order valence-electron chi connectivity index (χ1n) is 10.1. The van der Waals surface area contributed by atoms with Gasteiger partial charge in [0.05, 0.1) is 12.1 Å². The van der Waals surface area contributed by atoms with Gasteiger partial charge < -0.3 is 4.52 Å². The minimum atomic E-state index is -4.31. The van der Waals surface area contributed by atoms with Crippen LogP contribution in [0.2, 0.25) is 0 Å². The van der Waals surface area contributed by atoms with E-state index < -0.39 is 11.7 Å². The number of rotatable bonds is 5. The molecular weight excluding hydrogens is 412 g/mol. The first-order chi connectivity index (χ1) is 14.9. The largest absolute Gasteiger partial charge is 0.416 e. The van der Waals surface area contributed by atoms with Crippen molar-refractivity contribution < 1.29 is 22.1 Å². The molecule has 1 aromatic heterocycles. The smallest absolute Gasteiger partial charge is 0.338 e. The summed E-state index contributed by atoms with van der Waals surface area (Å²) in [5.41, 5.74) is 0.926. The molecule has 164 valence electrons. The van der Waals surface area contributed by atoms with E-state index in [1.165, 1.54) is 12.1 Å². The third-order valence-corrected chi connectivity index (χ3v) is 5.30. The van der Waals surface area contributed by atoms with E-state index in [1.807, 2.05) is 0 Å². The van der Waals surface area contributed by atoms with Crippen LogP contribution in [-0.2, 0) is 19.3 Å². The van der Waals surface area contributed by atoms with Gasteiger partial charge in [0.1, 0.15) is 5.82 Å². The van der Waals surface area contributed by atoms with Crippen molar-refractivity contribution in [2.24, 2.45) is 0 Å². The number of nitrogens with zero attached hydrogens (tertiary/aromatic N) is 4. The highest BCUT2D eigenvalue weighted by atomic mass is 19.4. The van der Waals surface area contributed by atoms with E-state index >= 15 is 0 Å². The fourth-order valence-corrected chi connectivity index (χ4v) is 3.62. The average Bonchev–Trinajstić information content (AvgIpc) is 3.09. The number of hydrogen-bond acceptors (Lipinski definition) is 5. The molecule has 5 nitrogen and oxygen atoms in total. The van der Waals surface area contributed by atoms with Gasteiger partial charge in [-0.25, -0.2) is 4.39 Å². The molecule has 1 saturated heterocycles. The van der Waals surface area contributed by atoms with Crippen molar-refractivity contribution in [2.75, 3.05) is 26.2 Å². The lowest BCUT2D eigenvalue weighted by Gasteiger charge is -2.21. The van der Waals surface area contributed by atoms with Crippen LogP contribution < -0.4 is 0 Å². The summed E-state index contributed by atoms with van der Waals surface area (Å²) >= 11 is 0. The highest BCUT2D eigenvalue weighted by Crippen LogP contribution is 2.29. The molecule has 3 aromatic rings. The van der Waals surface area contributed by atoms with Gasteiger partial charge in [0.25, 0.3) is 0 Å². The molecule has 0 amide bonds. The van der Waals surface area contributed by atoms with Crippen LogP contribution in [0.5, 0.6) is 0 Å². The highest BCUT2D eigenvalue weighted by molar-refractivity contribution is 5.53. The van der Waals surface area contributed by atoms with Gasteiger partial charge >= 0.3 is 6.18 Å². The van der Waals surface area contributed by atoms with E-state index in [0.29, 0.717) is 30.4 Å². The number of aromatic nitrogens is 2. The molecule has 0 saturated carbocycles. The zero-order valence-corrected chi connectivity index (χ0v) is 16.8. The SMILES string of the molecule is Fc1ccc(-c2noc(CN3CCCN(Cc4ccc(C(F)(F)F)cc4)CC3)n2)cc1. The second-order valence-electron chi connectivity index (χ2n) is 7.62. The van der Waals surface area contributed by atoms with Crippen molar-refractivity contribution in [3.8, 4) is 11.4 Å². The fourth-order valence-electron chi connectivity index (χ4n) is 3.62. The maximum atomic E-state index is 13.1. The molecule has 1 aliphatic heterocycles. The lowest BCUT2D eigenvalue weighted by molar-refractivity contribution is -0.137. The van der Waals surface area contributed by atoms with Crippen LogP contribution in [0.1, 0.15) is 23.4 Å². The molecule has 0 unspecified atom stereocenters. The number of benzene rings is 2. The standard InChI is InChI=1S/C22H22F4N4O/c23-19-8-4-17(5-9-19)21-27-20(31-28-21)15-30-11-1-10-29(12-13-30)14-16-2-6-18(7-3-16)22(24,25)26/h2-9H,1,10-15H2. The normalized spacial score (nSPS) is 16.4. The van der Waals surface area contributed by atoms with Gasteiger partial charge in [-0.05, 0) is 61.5 Å². The summed E-state index contributed by atoms with van der Waals surface area (Å²) in [6.45, 7) is 4.43. The van der Waals surface area contributed by atoms with Crippen LogP contribution >= 0.6 is 0 Å². The Morgan fingerprint density at radius 2 is 1.48 bits per heavy atom. The Morgan fingerprint density at radius 1 is 0.839 bits per heavy atom. The maximum absolute atomic E-state index is 13.1. The van der Waals surface area contributed by atoms with E-state index in [2.05, 4.69) is 19.9 Å². The van der Waals surface area contributed by atoms with Crippen LogP contribution in [0.4, 0.5) is 17.6 Å². The van der Waals surface area contributed by atoms with E-state index in [4.69, 9.17) is 4.52 Å². The summed E-state index contributed by atoms with van der Waals surface area (Å²) in [5, 5.41) is 3.97. The average molecular weight is 434 g/mol. The Labute approximate surface area is 177 Å². The summed E-state index contributed by atoms with van der Waals surface area (Å²) in [7, 11) is 0. The summed E-state index contributed by atoms with van der Waals surface area (Å²) in [4.78, 5) is 8.86. The second-order valence-corrected chi connectivity index (χ2v) is 7.62. The van der Waals surface area contributed by atoms with Crippen LogP contribution in [0.15, 0.2) is 53.1 Å². The molecule has 0 N–H and O–H groups in total. The van der Waals surface area contributed by atoms with Crippen LogP contribution in [0.25, 0.3) is 11.4 Å². The topological polar surface area (TPSA) is 45.4 Å². The zero-order valence-electron chi connectivity index (χ0n) is 16.8. The molecule has 0 radical (unpaired) electrons. The third kappa shape index (κ3) is 5.68. The Morgan fingerprint density at radius 3 is 2.13 bits per heavy atom. The Kier molecular flexibility index (Phi) is 6.33. The summed E-state index contributed by atoms with van der Waals surface area (Å²) in [5.74, 6) is 0.599. The highest BCUT2D eigenvalue weighted by Gasteiger charge is 2.30. The summed E-state index contributed by atoms with van der Waals surface area (Å²) in [6.07, 6.45) is -3.38. The number of halogens is 4. The van der Waals surface area contributed by atoms with Gasteiger partial charge in [-0.2, -0.15) is 18.2 Å². The van der Waals surface area contributed by atoms with E-state index in [1.54, 1.807) is 24.3 Å². The monoisotopic (exact) mass is 434 g/mol.